The molecule has 0 aromatic heterocycles. The molecule has 4 heteroatoms. The zero-order valence-electron chi connectivity index (χ0n) is 11.3. The minimum Gasteiger partial charge on any atom is -0.465 e. The Bertz CT molecular complexity index is 216. The molecule has 4 nitrogen and oxygen atoms in total. The largest absolute Gasteiger partial charge is 0.465 e. The number of carbonyl (C=O) groups is 2. The summed E-state index contributed by atoms with van der Waals surface area (Å²) in [7, 11) is 0. The van der Waals surface area contributed by atoms with Crippen molar-refractivity contribution in [1.29, 1.82) is 0 Å². The molecule has 100 valence electrons. The molecule has 17 heavy (non-hydrogen) atoms. The summed E-state index contributed by atoms with van der Waals surface area (Å²) in [5.41, 5.74) is 0. The van der Waals surface area contributed by atoms with Crippen molar-refractivity contribution in [2.45, 2.75) is 47.0 Å². The SMILES string of the molecule is CCCOC(=O)C(CC(C)C)C(=O)OCCC. The lowest BCUT2D eigenvalue weighted by molar-refractivity contribution is -0.163. The van der Waals surface area contributed by atoms with Crippen LogP contribution in [0.4, 0.5) is 0 Å². The van der Waals surface area contributed by atoms with Crippen LogP contribution >= 0.6 is 0 Å². The lowest BCUT2D eigenvalue weighted by atomic mass is 9.97. The highest BCUT2D eigenvalue weighted by atomic mass is 16.6. The molecule has 0 aliphatic heterocycles. The third-order valence-corrected chi connectivity index (χ3v) is 2.17. The van der Waals surface area contributed by atoms with E-state index < -0.39 is 17.9 Å². The van der Waals surface area contributed by atoms with E-state index in [0.29, 0.717) is 19.6 Å². The predicted octanol–water partition coefficient (Wildman–Crippen LogP) is 2.56. The van der Waals surface area contributed by atoms with E-state index in [2.05, 4.69) is 0 Å². The Morgan fingerprint density at radius 3 is 1.65 bits per heavy atom. The van der Waals surface area contributed by atoms with Gasteiger partial charge in [-0.25, -0.2) is 0 Å². The average Bonchev–Trinajstić information content (AvgIpc) is 2.29. The number of carbonyl (C=O) groups excluding carboxylic acids is 2. The van der Waals surface area contributed by atoms with Gasteiger partial charge in [-0.15, -0.1) is 0 Å². The molecule has 0 saturated heterocycles. The molecule has 0 bridgehead atoms. The van der Waals surface area contributed by atoms with Gasteiger partial charge >= 0.3 is 11.9 Å². The highest BCUT2D eigenvalue weighted by molar-refractivity contribution is 5.94. The van der Waals surface area contributed by atoms with Gasteiger partial charge in [0.2, 0.25) is 0 Å². The second-order valence-electron chi connectivity index (χ2n) is 4.52. The van der Waals surface area contributed by atoms with Gasteiger partial charge in [0.05, 0.1) is 13.2 Å². The molecule has 0 heterocycles. The number of ether oxygens (including phenoxy) is 2. The molecule has 0 spiro atoms. The van der Waals surface area contributed by atoms with E-state index in [9.17, 15) is 9.59 Å². The molecular formula is C13H24O4. The summed E-state index contributed by atoms with van der Waals surface area (Å²) in [6, 6.07) is 0. The molecule has 0 radical (unpaired) electrons. The Morgan fingerprint density at radius 1 is 0.941 bits per heavy atom. The number of hydrogen-bond acceptors (Lipinski definition) is 4. The fourth-order valence-corrected chi connectivity index (χ4v) is 1.37. The van der Waals surface area contributed by atoms with Crippen molar-refractivity contribution in [2.75, 3.05) is 13.2 Å². The van der Waals surface area contributed by atoms with Gasteiger partial charge < -0.3 is 9.47 Å². The van der Waals surface area contributed by atoms with Crippen molar-refractivity contribution in [1.82, 2.24) is 0 Å². The number of hydrogen-bond donors (Lipinski definition) is 0. The van der Waals surface area contributed by atoms with E-state index in [4.69, 9.17) is 9.47 Å². The van der Waals surface area contributed by atoms with Crippen LogP contribution in [0.2, 0.25) is 0 Å². The maximum atomic E-state index is 11.7. The van der Waals surface area contributed by atoms with E-state index in [1.807, 2.05) is 27.7 Å². The summed E-state index contributed by atoms with van der Waals surface area (Å²) in [6.45, 7) is 8.48. The third-order valence-electron chi connectivity index (χ3n) is 2.17. The van der Waals surface area contributed by atoms with E-state index in [-0.39, 0.29) is 5.92 Å². The van der Waals surface area contributed by atoms with Crippen LogP contribution in [0.3, 0.4) is 0 Å². The first kappa shape index (κ1) is 15.9. The van der Waals surface area contributed by atoms with Gasteiger partial charge in [0.15, 0.2) is 5.92 Å². The summed E-state index contributed by atoms with van der Waals surface area (Å²) < 4.78 is 10.0. The predicted molar refractivity (Wildman–Crippen MR) is 65.4 cm³/mol. The maximum Gasteiger partial charge on any atom is 0.320 e. The van der Waals surface area contributed by atoms with E-state index >= 15 is 0 Å². The molecule has 0 amide bonds. The summed E-state index contributed by atoms with van der Waals surface area (Å²) in [5.74, 6) is -1.43. The van der Waals surface area contributed by atoms with Crippen LogP contribution in [0.5, 0.6) is 0 Å². The molecule has 0 aliphatic rings. The molecule has 0 saturated carbocycles. The van der Waals surface area contributed by atoms with Gasteiger partial charge in [-0.3, -0.25) is 9.59 Å². The number of esters is 2. The molecule has 0 N–H and O–H groups in total. The topological polar surface area (TPSA) is 52.6 Å². The van der Waals surface area contributed by atoms with Gasteiger partial charge in [-0.1, -0.05) is 27.7 Å². The Hall–Kier alpha value is -1.06. The van der Waals surface area contributed by atoms with Crippen LogP contribution in [0.25, 0.3) is 0 Å². The zero-order chi connectivity index (χ0) is 13.3. The first-order chi connectivity index (χ1) is 8.02. The van der Waals surface area contributed by atoms with Gasteiger partial charge in [-0.05, 0) is 25.2 Å². The van der Waals surface area contributed by atoms with Crippen molar-refractivity contribution in [2.24, 2.45) is 11.8 Å². The highest BCUT2D eigenvalue weighted by Crippen LogP contribution is 2.15. The standard InChI is InChI=1S/C13H24O4/c1-5-7-16-12(14)11(9-10(3)4)13(15)17-8-6-2/h10-11H,5-9H2,1-4H3. The summed E-state index contributed by atoms with van der Waals surface area (Å²) in [6.07, 6.45) is 1.99. The minimum absolute atomic E-state index is 0.253. The molecule has 0 aliphatic carbocycles. The van der Waals surface area contributed by atoms with E-state index in [0.717, 1.165) is 12.8 Å². The fraction of sp³-hybridized carbons (Fsp3) is 0.846. The molecule has 0 aromatic carbocycles. The Kier molecular flexibility index (Phi) is 8.46. The summed E-state index contributed by atoms with van der Waals surface area (Å²) in [4.78, 5) is 23.4. The summed E-state index contributed by atoms with van der Waals surface area (Å²) in [5, 5.41) is 0. The van der Waals surface area contributed by atoms with Crippen molar-refractivity contribution >= 4 is 11.9 Å². The summed E-state index contributed by atoms with van der Waals surface area (Å²) >= 11 is 0. The van der Waals surface area contributed by atoms with Crippen molar-refractivity contribution in [3.63, 3.8) is 0 Å². The smallest absolute Gasteiger partial charge is 0.320 e. The highest BCUT2D eigenvalue weighted by Gasteiger charge is 2.30. The molecule has 0 aromatic rings. The number of rotatable bonds is 8. The Morgan fingerprint density at radius 2 is 1.35 bits per heavy atom. The van der Waals surface area contributed by atoms with Crippen LogP contribution in [0.15, 0.2) is 0 Å². The van der Waals surface area contributed by atoms with Crippen LogP contribution in [-0.2, 0) is 19.1 Å². The Labute approximate surface area is 104 Å². The van der Waals surface area contributed by atoms with E-state index in [1.165, 1.54) is 0 Å². The zero-order valence-corrected chi connectivity index (χ0v) is 11.3. The monoisotopic (exact) mass is 244 g/mol. The van der Waals surface area contributed by atoms with Gasteiger partial charge in [0, 0.05) is 0 Å². The quantitative estimate of drug-likeness (QED) is 0.486. The van der Waals surface area contributed by atoms with Gasteiger partial charge in [-0.2, -0.15) is 0 Å². The lowest BCUT2D eigenvalue weighted by Gasteiger charge is -2.16. The van der Waals surface area contributed by atoms with Crippen LogP contribution in [0, 0.1) is 11.8 Å². The molecule has 0 fully saturated rings. The van der Waals surface area contributed by atoms with Crippen LogP contribution < -0.4 is 0 Å². The second kappa shape index (κ2) is 9.02. The average molecular weight is 244 g/mol. The second-order valence-corrected chi connectivity index (χ2v) is 4.52. The van der Waals surface area contributed by atoms with Crippen LogP contribution in [0.1, 0.15) is 47.0 Å². The third kappa shape index (κ3) is 6.97. The van der Waals surface area contributed by atoms with E-state index in [1.54, 1.807) is 0 Å². The van der Waals surface area contributed by atoms with Crippen molar-refractivity contribution in [3.8, 4) is 0 Å². The minimum atomic E-state index is -0.770. The van der Waals surface area contributed by atoms with Gasteiger partial charge in [0.25, 0.3) is 0 Å². The molecule has 0 rings (SSSR count). The normalized spacial score (nSPS) is 10.7. The van der Waals surface area contributed by atoms with Crippen LogP contribution in [-0.4, -0.2) is 25.2 Å². The van der Waals surface area contributed by atoms with Gasteiger partial charge in [0.1, 0.15) is 0 Å². The molecule has 0 atom stereocenters. The molecular weight excluding hydrogens is 220 g/mol. The Balaban J connectivity index is 4.40. The lowest BCUT2D eigenvalue weighted by Crippen LogP contribution is -2.29. The fourth-order valence-electron chi connectivity index (χ4n) is 1.37. The molecule has 0 unspecified atom stereocenters. The first-order valence-electron chi connectivity index (χ1n) is 6.36. The van der Waals surface area contributed by atoms with Crippen molar-refractivity contribution < 1.29 is 19.1 Å². The first-order valence-corrected chi connectivity index (χ1v) is 6.36. The van der Waals surface area contributed by atoms with Crippen molar-refractivity contribution in [3.05, 3.63) is 0 Å². The maximum absolute atomic E-state index is 11.7.